The molecule has 0 fully saturated rings. The molecule has 1 aromatic rings. The summed E-state index contributed by atoms with van der Waals surface area (Å²) in [4.78, 5) is 13.6. The van der Waals surface area contributed by atoms with Crippen molar-refractivity contribution in [1.29, 1.82) is 0 Å². The number of hydrogen-bond acceptors (Lipinski definition) is 2. The van der Waals surface area contributed by atoms with E-state index in [2.05, 4.69) is 5.32 Å². The van der Waals surface area contributed by atoms with Gasteiger partial charge in [0.1, 0.15) is 0 Å². The highest BCUT2D eigenvalue weighted by Crippen LogP contribution is 2.00. The predicted octanol–water partition coefficient (Wildman–Crippen LogP) is 2.04. The maximum Gasteiger partial charge on any atom is 0.257 e. The van der Waals surface area contributed by atoms with E-state index in [-0.39, 0.29) is 11.9 Å². The summed E-state index contributed by atoms with van der Waals surface area (Å²) < 4.78 is 0. The predicted molar refractivity (Wildman–Crippen MR) is 69.4 cm³/mol. The Bertz CT molecular complexity index is 376. The van der Waals surface area contributed by atoms with Gasteiger partial charge in [0.25, 0.3) is 5.91 Å². The first-order valence-corrected chi connectivity index (χ1v) is 5.56. The Morgan fingerprint density at radius 1 is 1.31 bits per heavy atom. The lowest BCUT2D eigenvalue weighted by atomic mass is 10.2. The van der Waals surface area contributed by atoms with Crippen LogP contribution in [0.25, 0.3) is 0 Å². The Morgan fingerprint density at radius 3 is 2.38 bits per heavy atom. The first kappa shape index (κ1) is 12.6. The molecule has 0 saturated heterocycles. The first-order chi connectivity index (χ1) is 7.52. The average molecular weight is 236 g/mol. The van der Waals surface area contributed by atoms with Gasteiger partial charge in [-0.05, 0) is 38.2 Å². The van der Waals surface area contributed by atoms with Crippen LogP contribution in [-0.4, -0.2) is 29.0 Å². The van der Waals surface area contributed by atoms with Gasteiger partial charge in [0.15, 0.2) is 5.11 Å². The van der Waals surface area contributed by atoms with Crippen LogP contribution in [0.15, 0.2) is 30.3 Å². The van der Waals surface area contributed by atoms with Crippen LogP contribution in [0, 0.1) is 0 Å². The molecule has 0 radical (unpaired) electrons. The van der Waals surface area contributed by atoms with Crippen molar-refractivity contribution in [2.75, 3.05) is 7.05 Å². The zero-order chi connectivity index (χ0) is 12.1. The van der Waals surface area contributed by atoms with Gasteiger partial charge in [0.05, 0.1) is 0 Å². The summed E-state index contributed by atoms with van der Waals surface area (Å²) in [6.45, 7) is 4.03. The molecule has 3 nitrogen and oxygen atoms in total. The average Bonchev–Trinajstić information content (AvgIpc) is 2.28. The van der Waals surface area contributed by atoms with Crippen LogP contribution in [0.2, 0.25) is 0 Å². The van der Waals surface area contributed by atoms with Crippen LogP contribution in [-0.2, 0) is 0 Å². The van der Waals surface area contributed by atoms with Crippen molar-refractivity contribution in [3.8, 4) is 0 Å². The molecule has 16 heavy (non-hydrogen) atoms. The van der Waals surface area contributed by atoms with E-state index in [0.29, 0.717) is 10.7 Å². The van der Waals surface area contributed by atoms with Crippen LogP contribution in [0.4, 0.5) is 0 Å². The summed E-state index contributed by atoms with van der Waals surface area (Å²) >= 11 is 5.12. The van der Waals surface area contributed by atoms with Crippen LogP contribution >= 0.6 is 12.2 Å². The number of nitrogens with zero attached hydrogens (tertiary/aromatic N) is 1. The number of carbonyl (C=O) groups excluding carboxylic acids is 1. The molecule has 0 aliphatic heterocycles. The Hall–Kier alpha value is -1.42. The van der Waals surface area contributed by atoms with E-state index in [1.54, 1.807) is 12.1 Å². The van der Waals surface area contributed by atoms with E-state index >= 15 is 0 Å². The smallest absolute Gasteiger partial charge is 0.257 e. The molecule has 0 aliphatic carbocycles. The largest absolute Gasteiger partial charge is 0.350 e. The van der Waals surface area contributed by atoms with Gasteiger partial charge in [0.2, 0.25) is 0 Å². The number of carbonyl (C=O) groups is 1. The maximum atomic E-state index is 11.8. The van der Waals surface area contributed by atoms with Gasteiger partial charge >= 0.3 is 0 Å². The molecule has 0 atom stereocenters. The maximum absolute atomic E-state index is 11.8. The van der Waals surface area contributed by atoms with Gasteiger partial charge < -0.3 is 4.90 Å². The molecule has 0 unspecified atom stereocenters. The molecule has 1 amide bonds. The van der Waals surface area contributed by atoms with Gasteiger partial charge in [-0.15, -0.1) is 0 Å². The quantitative estimate of drug-likeness (QED) is 0.798. The molecule has 0 aromatic heterocycles. The molecule has 86 valence electrons. The van der Waals surface area contributed by atoms with Crippen molar-refractivity contribution >= 4 is 23.2 Å². The molecule has 0 saturated carbocycles. The summed E-state index contributed by atoms with van der Waals surface area (Å²) in [7, 11) is 1.86. The molecular formula is C12H16N2OS. The van der Waals surface area contributed by atoms with Crippen LogP contribution < -0.4 is 5.32 Å². The highest BCUT2D eigenvalue weighted by molar-refractivity contribution is 7.80. The Kier molecular flexibility index (Phi) is 4.43. The standard InChI is InChI=1S/C12H16N2OS/c1-9(2)14(3)12(16)13-11(15)10-7-5-4-6-8-10/h4-9H,1-3H3,(H,13,15,16). The summed E-state index contributed by atoms with van der Waals surface area (Å²) in [5.41, 5.74) is 0.613. The molecule has 0 spiro atoms. The minimum atomic E-state index is -0.168. The zero-order valence-electron chi connectivity index (χ0n) is 9.73. The van der Waals surface area contributed by atoms with Crippen molar-refractivity contribution < 1.29 is 4.79 Å². The molecule has 0 heterocycles. The van der Waals surface area contributed by atoms with E-state index in [9.17, 15) is 4.79 Å². The van der Waals surface area contributed by atoms with Crippen LogP contribution in [0.5, 0.6) is 0 Å². The molecule has 1 rings (SSSR count). The molecule has 4 heteroatoms. The Balaban J connectivity index is 2.62. The highest BCUT2D eigenvalue weighted by atomic mass is 32.1. The van der Waals surface area contributed by atoms with Crippen molar-refractivity contribution in [3.05, 3.63) is 35.9 Å². The lowest BCUT2D eigenvalue weighted by molar-refractivity contribution is 0.0973. The van der Waals surface area contributed by atoms with Crippen LogP contribution in [0.3, 0.4) is 0 Å². The van der Waals surface area contributed by atoms with Crippen LogP contribution in [0.1, 0.15) is 24.2 Å². The fourth-order valence-electron chi connectivity index (χ4n) is 1.08. The number of rotatable bonds is 2. The topological polar surface area (TPSA) is 32.3 Å². The summed E-state index contributed by atoms with van der Waals surface area (Å²) in [6, 6.07) is 9.30. The second kappa shape index (κ2) is 5.61. The van der Waals surface area contributed by atoms with Gasteiger partial charge in [-0.1, -0.05) is 18.2 Å². The molecule has 1 N–H and O–H groups in total. The van der Waals surface area contributed by atoms with Crippen molar-refractivity contribution in [2.24, 2.45) is 0 Å². The Labute approximate surface area is 101 Å². The van der Waals surface area contributed by atoms with Gasteiger partial charge in [-0.3, -0.25) is 10.1 Å². The summed E-state index contributed by atoms with van der Waals surface area (Å²) in [6.07, 6.45) is 0. The van der Waals surface area contributed by atoms with Crippen molar-refractivity contribution in [3.63, 3.8) is 0 Å². The molecule has 0 aliphatic rings. The minimum Gasteiger partial charge on any atom is -0.350 e. The SMILES string of the molecule is CC(C)N(C)C(=S)NC(=O)c1ccccc1. The van der Waals surface area contributed by atoms with Gasteiger partial charge in [-0.2, -0.15) is 0 Å². The first-order valence-electron chi connectivity index (χ1n) is 5.15. The van der Waals surface area contributed by atoms with Crippen molar-refractivity contribution in [1.82, 2.24) is 10.2 Å². The fourth-order valence-corrected chi connectivity index (χ4v) is 1.39. The third-order valence-corrected chi connectivity index (χ3v) is 2.74. The highest BCUT2D eigenvalue weighted by Gasteiger charge is 2.12. The number of amides is 1. The minimum absolute atomic E-state index is 0.168. The monoisotopic (exact) mass is 236 g/mol. The summed E-state index contributed by atoms with van der Waals surface area (Å²) in [5.74, 6) is -0.168. The second-order valence-electron chi connectivity index (χ2n) is 3.83. The lowest BCUT2D eigenvalue weighted by Crippen LogP contribution is -2.43. The van der Waals surface area contributed by atoms with E-state index in [0.717, 1.165) is 0 Å². The zero-order valence-corrected chi connectivity index (χ0v) is 10.5. The van der Waals surface area contributed by atoms with E-state index < -0.39 is 0 Å². The third-order valence-electron chi connectivity index (χ3n) is 2.35. The van der Waals surface area contributed by atoms with E-state index in [1.807, 2.05) is 44.0 Å². The van der Waals surface area contributed by atoms with Gasteiger partial charge in [0, 0.05) is 18.7 Å². The number of benzene rings is 1. The Morgan fingerprint density at radius 2 is 1.88 bits per heavy atom. The fraction of sp³-hybridized carbons (Fsp3) is 0.333. The number of hydrogen-bond donors (Lipinski definition) is 1. The third kappa shape index (κ3) is 3.31. The van der Waals surface area contributed by atoms with E-state index in [4.69, 9.17) is 12.2 Å². The normalized spacial score (nSPS) is 10.0. The van der Waals surface area contributed by atoms with E-state index in [1.165, 1.54) is 0 Å². The van der Waals surface area contributed by atoms with Crippen molar-refractivity contribution in [2.45, 2.75) is 19.9 Å². The molecule has 0 bridgehead atoms. The lowest BCUT2D eigenvalue weighted by Gasteiger charge is -2.24. The number of thiocarbonyl (C=S) groups is 1. The molecule has 1 aromatic carbocycles. The second-order valence-corrected chi connectivity index (χ2v) is 4.22. The van der Waals surface area contributed by atoms with Gasteiger partial charge in [-0.25, -0.2) is 0 Å². The number of nitrogens with one attached hydrogen (secondary N) is 1. The summed E-state index contributed by atoms with van der Waals surface area (Å²) in [5, 5.41) is 3.14. The molecular weight excluding hydrogens is 220 g/mol.